The number of hydrogen-bond donors (Lipinski definition) is 3. The third-order valence-electron chi connectivity index (χ3n) is 6.01. The van der Waals surface area contributed by atoms with Crippen molar-refractivity contribution in [2.45, 2.75) is 25.7 Å². The smallest absolute Gasteiger partial charge is 0.407 e. The number of alkyl carbamates (subject to hydrolysis) is 1. The number of amides is 2. The first kappa shape index (κ1) is 24.5. The molecule has 3 aromatic carbocycles. The number of aromatic carboxylic acids is 1. The molecule has 1 aliphatic carbocycles. The summed E-state index contributed by atoms with van der Waals surface area (Å²) in [5, 5.41) is 14.7. The maximum Gasteiger partial charge on any atom is 0.407 e. The van der Waals surface area contributed by atoms with Crippen LogP contribution in [0.1, 0.15) is 45.8 Å². The highest BCUT2D eigenvalue weighted by Crippen LogP contribution is 2.44. The Balaban J connectivity index is 1.23. The van der Waals surface area contributed by atoms with Crippen molar-refractivity contribution < 1.29 is 24.2 Å². The SMILES string of the molecule is Cc1cc(Br)c(C(=O)O)cc1NC(=O)CCCNC(=O)OCC1c2ccccc2-c2ccccc21. The molecule has 0 atom stereocenters. The van der Waals surface area contributed by atoms with Gasteiger partial charge in [-0.25, -0.2) is 9.59 Å². The lowest BCUT2D eigenvalue weighted by Crippen LogP contribution is -2.27. The Hall–Kier alpha value is -3.65. The Bertz CT molecular complexity index is 1240. The van der Waals surface area contributed by atoms with Crippen LogP contribution in [0.5, 0.6) is 0 Å². The molecule has 180 valence electrons. The number of carboxylic acids is 1. The molecule has 0 aromatic heterocycles. The molecule has 35 heavy (non-hydrogen) atoms. The van der Waals surface area contributed by atoms with Gasteiger partial charge in [-0.2, -0.15) is 0 Å². The predicted molar refractivity (Wildman–Crippen MR) is 137 cm³/mol. The van der Waals surface area contributed by atoms with Crippen molar-refractivity contribution in [2.75, 3.05) is 18.5 Å². The first-order chi connectivity index (χ1) is 16.8. The monoisotopic (exact) mass is 536 g/mol. The van der Waals surface area contributed by atoms with E-state index in [4.69, 9.17) is 4.74 Å². The molecular formula is C27H25BrN2O5. The number of benzene rings is 3. The molecule has 3 aromatic rings. The molecule has 0 saturated carbocycles. The lowest BCUT2D eigenvalue weighted by molar-refractivity contribution is -0.116. The fourth-order valence-corrected chi connectivity index (χ4v) is 4.90. The summed E-state index contributed by atoms with van der Waals surface area (Å²) >= 11 is 3.22. The molecule has 0 unspecified atom stereocenters. The minimum Gasteiger partial charge on any atom is -0.478 e. The number of carbonyl (C=O) groups excluding carboxylic acids is 2. The van der Waals surface area contributed by atoms with Crippen LogP contribution in [0.4, 0.5) is 10.5 Å². The van der Waals surface area contributed by atoms with Crippen LogP contribution in [-0.4, -0.2) is 36.2 Å². The van der Waals surface area contributed by atoms with E-state index in [1.54, 1.807) is 13.0 Å². The number of nitrogens with one attached hydrogen (secondary N) is 2. The van der Waals surface area contributed by atoms with Crippen LogP contribution in [-0.2, 0) is 9.53 Å². The minimum absolute atomic E-state index is 0.0104. The third-order valence-corrected chi connectivity index (χ3v) is 6.67. The van der Waals surface area contributed by atoms with E-state index in [0.717, 1.165) is 16.7 Å². The van der Waals surface area contributed by atoms with E-state index >= 15 is 0 Å². The van der Waals surface area contributed by atoms with Gasteiger partial charge in [-0.3, -0.25) is 4.79 Å². The van der Waals surface area contributed by atoms with Gasteiger partial charge < -0.3 is 20.5 Å². The summed E-state index contributed by atoms with van der Waals surface area (Å²) in [5.74, 6) is -1.36. The highest BCUT2D eigenvalue weighted by atomic mass is 79.9. The number of fused-ring (bicyclic) bond motifs is 3. The minimum atomic E-state index is -1.08. The molecule has 0 bridgehead atoms. The van der Waals surface area contributed by atoms with Crippen molar-refractivity contribution in [1.82, 2.24) is 5.32 Å². The number of anilines is 1. The third kappa shape index (κ3) is 5.54. The van der Waals surface area contributed by atoms with Gasteiger partial charge in [0.25, 0.3) is 0 Å². The summed E-state index contributed by atoms with van der Waals surface area (Å²) in [7, 11) is 0. The Labute approximate surface area is 211 Å². The van der Waals surface area contributed by atoms with Gasteiger partial charge in [-0.05, 0) is 69.2 Å². The molecule has 0 radical (unpaired) electrons. The van der Waals surface area contributed by atoms with E-state index in [-0.39, 0.29) is 37.0 Å². The van der Waals surface area contributed by atoms with Crippen molar-refractivity contribution >= 4 is 39.6 Å². The van der Waals surface area contributed by atoms with E-state index in [1.807, 2.05) is 24.3 Å². The molecule has 4 rings (SSSR count). The lowest BCUT2D eigenvalue weighted by Gasteiger charge is -2.14. The molecule has 0 fully saturated rings. The Morgan fingerprint density at radius 3 is 2.26 bits per heavy atom. The van der Waals surface area contributed by atoms with Crippen LogP contribution in [0.2, 0.25) is 0 Å². The number of carboxylic acid groups (broad SMARTS) is 1. The molecule has 0 saturated heterocycles. The first-order valence-electron chi connectivity index (χ1n) is 11.3. The van der Waals surface area contributed by atoms with Gasteiger partial charge in [-0.15, -0.1) is 0 Å². The highest BCUT2D eigenvalue weighted by molar-refractivity contribution is 9.10. The van der Waals surface area contributed by atoms with Crippen molar-refractivity contribution in [1.29, 1.82) is 0 Å². The molecule has 8 heteroatoms. The Morgan fingerprint density at radius 2 is 1.63 bits per heavy atom. The van der Waals surface area contributed by atoms with Crippen molar-refractivity contribution in [3.05, 3.63) is 87.4 Å². The summed E-state index contributed by atoms with van der Waals surface area (Å²) in [5.41, 5.74) is 5.88. The van der Waals surface area contributed by atoms with Crippen LogP contribution < -0.4 is 10.6 Å². The second kappa shape index (κ2) is 10.7. The van der Waals surface area contributed by atoms with Crippen molar-refractivity contribution in [3.8, 4) is 11.1 Å². The fourth-order valence-electron chi connectivity index (χ4n) is 4.27. The zero-order valence-corrected chi connectivity index (χ0v) is 20.7. The van der Waals surface area contributed by atoms with E-state index in [9.17, 15) is 19.5 Å². The molecule has 1 aliphatic rings. The molecule has 0 aliphatic heterocycles. The lowest BCUT2D eigenvalue weighted by atomic mass is 9.98. The molecular weight excluding hydrogens is 512 g/mol. The predicted octanol–water partition coefficient (Wildman–Crippen LogP) is 5.71. The number of rotatable bonds is 8. The number of aryl methyl sites for hydroxylation is 1. The molecule has 2 amide bonds. The van der Waals surface area contributed by atoms with E-state index < -0.39 is 12.1 Å². The van der Waals surface area contributed by atoms with Gasteiger partial charge in [0, 0.05) is 29.0 Å². The summed E-state index contributed by atoms with van der Waals surface area (Å²) in [6.45, 7) is 2.30. The average molecular weight is 537 g/mol. The average Bonchev–Trinajstić information content (AvgIpc) is 3.16. The van der Waals surface area contributed by atoms with Gasteiger partial charge in [0.1, 0.15) is 6.61 Å². The molecule has 3 N–H and O–H groups in total. The first-order valence-corrected chi connectivity index (χ1v) is 12.1. The summed E-state index contributed by atoms with van der Waals surface area (Å²) in [4.78, 5) is 35.8. The Kier molecular flexibility index (Phi) is 7.51. The van der Waals surface area contributed by atoms with Gasteiger partial charge in [0.05, 0.1) is 5.56 Å². The van der Waals surface area contributed by atoms with Gasteiger partial charge in [0.15, 0.2) is 0 Å². The van der Waals surface area contributed by atoms with Crippen molar-refractivity contribution in [2.24, 2.45) is 0 Å². The molecule has 7 nitrogen and oxygen atoms in total. The van der Waals surface area contributed by atoms with E-state index in [0.29, 0.717) is 16.6 Å². The van der Waals surface area contributed by atoms with Crippen LogP contribution in [0, 0.1) is 6.92 Å². The highest BCUT2D eigenvalue weighted by Gasteiger charge is 2.28. The van der Waals surface area contributed by atoms with Gasteiger partial charge in [-0.1, -0.05) is 48.5 Å². The number of halogens is 1. The largest absolute Gasteiger partial charge is 0.478 e. The normalized spacial score (nSPS) is 11.9. The standard InChI is InChI=1S/C27H25BrN2O5/c1-16-13-23(28)21(26(32)33)14-24(16)30-25(31)11-6-12-29-27(34)35-15-22-19-9-4-2-7-17(19)18-8-3-5-10-20(18)22/h2-5,7-10,13-14,22H,6,11-12,15H2,1H3,(H,29,34)(H,30,31)(H,32,33). The summed E-state index contributed by atoms with van der Waals surface area (Å²) < 4.78 is 5.95. The molecule has 0 heterocycles. The second-order valence-corrected chi connectivity index (χ2v) is 9.21. The van der Waals surface area contributed by atoms with Crippen LogP contribution in [0.3, 0.4) is 0 Å². The van der Waals surface area contributed by atoms with Crippen LogP contribution in [0.15, 0.2) is 65.1 Å². The number of hydrogen-bond acceptors (Lipinski definition) is 4. The van der Waals surface area contributed by atoms with E-state index in [1.165, 1.54) is 17.2 Å². The number of carbonyl (C=O) groups is 3. The Morgan fingerprint density at radius 1 is 1.00 bits per heavy atom. The zero-order valence-electron chi connectivity index (χ0n) is 19.1. The van der Waals surface area contributed by atoms with Gasteiger partial charge >= 0.3 is 12.1 Å². The maximum atomic E-state index is 12.3. The quantitative estimate of drug-likeness (QED) is 0.319. The van der Waals surface area contributed by atoms with Crippen LogP contribution >= 0.6 is 15.9 Å². The zero-order chi connectivity index (χ0) is 24.9. The van der Waals surface area contributed by atoms with E-state index in [2.05, 4.69) is 50.8 Å². The van der Waals surface area contributed by atoms with Crippen LogP contribution in [0.25, 0.3) is 11.1 Å². The second-order valence-electron chi connectivity index (χ2n) is 8.36. The summed E-state index contributed by atoms with van der Waals surface area (Å²) in [6, 6.07) is 19.3. The molecule has 0 spiro atoms. The van der Waals surface area contributed by atoms with Gasteiger partial charge in [0.2, 0.25) is 5.91 Å². The number of ether oxygens (including phenoxy) is 1. The maximum absolute atomic E-state index is 12.3. The van der Waals surface area contributed by atoms with Crippen molar-refractivity contribution in [3.63, 3.8) is 0 Å². The summed E-state index contributed by atoms with van der Waals surface area (Å²) in [6.07, 6.45) is 0.0565. The fraction of sp³-hybridized carbons (Fsp3) is 0.222. The topological polar surface area (TPSA) is 105 Å².